The van der Waals surface area contributed by atoms with E-state index in [0.29, 0.717) is 5.69 Å². The molecule has 2 aliphatic rings. The molecule has 0 saturated carbocycles. The number of benzene rings is 2. The van der Waals surface area contributed by atoms with Gasteiger partial charge < -0.3 is 5.32 Å². The van der Waals surface area contributed by atoms with Crippen LogP contribution in [-0.4, -0.2) is 16.8 Å². The number of pyridine rings is 1. The Bertz CT molecular complexity index is 944. The van der Waals surface area contributed by atoms with Crippen molar-refractivity contribution in [2.24, 2.45) is 11.8 Å². The number of nitrogens with zero attached hydrogens (tertiary/aromatic N) is 2. The van der Waals surface area contributed by atoms with E-state index in [1.807, 2.05) is 66.7 Å². The predicted octanol–water partition coefficient (Wildman–Crippen LogP) is 3.27. The third-order valence-corrected chi connectivity index (χ3v) is 5.65. The molecule has 1 N–H and O–H groups in total. The van der Waals surface area contributed by atoms with E-state index < -0.39 is 11.8 Å². The second-order valence-corrected chi connectivity index (χ2v) is 7.19. The Labute approximate surface area is 163 Å². The average molecular weight is 369 g/mol. The lowest BCUT2D eigenvalue weighted by atomic mass is 9.85. The van der Waals surface area contributed by atoms with Gasteiger partial charge in [0.2, 0.25) is 11.8 Å². The molecule has 0 radical (unpaired) electrons. The van der Waals surface area contributed by atoms with Crippen LogP contribution in [0, 0.1) is 11.8 Å². The van der Waals surface area contributed by atoms with Crippen LogP contribution in [0.4, 0.5) is 5.69 Å². The second kappa shape index (κ2) is 6.69. The molecule has 5 rings (SSSR count). The summed E-state index contributed by atoms with van der Waals surface area (Å²) >= 11 is 0. The van der Waals surface area contributed by atoms with Crippen molar-refractivity contribution >= 4 is 17.5 Å². The molecule has 3 aromatic rings. The maximum absolute atomic E-state index is 13.4. The van der Waals surface area contributed by atoms with Gasteiger partial charge in [-0.05, 0) is 29.8 Å². The SMILES string of the molecule is O=C1[C@@H]2[C@H](C(=O)N1c1ccccc1)[C@@H](c1ccccn1)N[C@H]2c1ccccc1. The van der Waals surface area contributed by atoms with E-state index in [2.05, 4.69) is 10.3 Å². The molecule has 138 valence electrons. The lowest BCUT2D eigenvalue weighted by Gasteiger charge is -2.22. The van der Waals surface area contributed by atoms with E-state index in [1.54, 1.807) is 18.3 Å². The Morgan fingerprint density at radius 3 is 1.96 bits per heavy atom. The topological polar surface area (TPSA) is 62.3 Å². The summed E-state index contributed by atoms with van der Waals surface area (Å²) in [6, 6.07) is 24.1. The molecule has 2 fully saturated rings. The van der Waals surface area contributed by atoms with Gasteiger partial charge in [-0.3, -0.25) is 14.6 Å². The number of hydrogen-bond acceptors (Lipinski definition) is 4. The van der Waals surface area contributed by atoms with Crippen LogP contribution in [0.1, 0.15) is 23.3 Å². The first kappa shape index (κ1) is 16.8. The third kappa shape index (κ3) is 2.55. The lowest BCUT2D eigenvalue weighted by Crippen LogP contribution is -2.36. The van der Waals surface area contributed by atoms with E-state index in [1.165, 1.54) is 4.90 Å². The van der Waals surface area contributed by atoms with Crippen molar-refractivity contribution in [3.63, 3.8) is 0 Å². The van der Waals surface area contributed by atoms with Crippen molar-refractivity contribution in [1.82, 2.24) is 10.3 Å². The number of para-hydroxylation sites is 1. The highest BCUT2D eigenvalue weighted by Crippen LogP contribution is 2.49. The van der Waals surface area contributed by atoms with Crippen molar-refractivity contribution in [2.45, 2.75) is 12.1 Å². The lowest BCUT2D eigenvalue weighted by molar-refractivity contribution is -0.123. The van der Waals surface area contributed by atoms with Crippen molar-refractivity contribution in [2.75, 3.05) is 4.90 Å². The van der Waals surface area contributed by atoms with E-state index in [-0.39, 0.29) is 23.9 Å². The highest BCUT2D eigenvalue weighted by molar-refractivity contribution is 6.22. The molecular formula is C23H19N3O2. The fourth-order valence-electron chi connectivity index (χ4n) is 4.44. The molecule has 2 aromatic carbocycles. The van der Waals surface area contributed by atoms with Gasteiger partial charge >= 0.3 is 0 Å². The Balaban J connectivity index is 1.61. The number of anilines is 1. The van der Waals surface area contributed by atoms with Crippen LogP contribution in [0.15, 0.2) is 85.1 Å². The number of carbonyl (C=O) groups excluding carboxylic acids is 2. The zero-order chi connectivity index (χ0) is 19.1. The Kier molecular flexibility index (Phi) is 4.02. The minimum Gasteiger partial charge on any atom is -0.300 e. The summed E-state index contributed by atoms with van der Waals surface area (Å²) in [7, 11) is 0. The van der Waals surface area contributed by atoms with Crippen LogP contribution in [0.3, 0.4) is 0 Å². The third-order valence-electron chi connectivity index (χ3n) is 5.65. The fraction of sp³-hybridized carbons (Fsp3) is 0.174. The van der Waals surface area contributed by atoms with Crippen LogP contribution >= 0.6 is 0 Å². The molecular weight excluding hydrogens is 350 g/mol. The maximum Gasteiger partial charge on any atom is 0.239 e. The summed E-state index contributed by atoms with van der Waals surface area (Å²) in [5.41, 5.74) is 2.41. The number of imide groups is 1. The van der Waals surface area contributed by atoms with Gasteiger partial charge in [0.05, 0.1) is 29.3 Å². The molecule has 1 aromatic heterocycles. The molecule has 0 spiro atoms. The number of aromatic nitrogens is 1. The second-order valence-electron chi connectivity index (χ2n) is 7.19. The number of rotatable bonds is 3. The van der Waals surface area contributed by atoms with Crippen molar-refractivity contribution < 1.29 is 9.59 Å². The number of amides is 2. The van der Waals surface area contributed by atoms with Crippen LogP contribution < -0.4 is 10.2 Å². The van der Waals surface area contributed by atoms with Gasteiger partial charge in [-0.1, -0.05) is 54.6 Å². The minimum atomic E-state index is -0.479. The first-order chi connectivity index (χ1) is 13.8. The number of carbonyl (C=O) groups is 2. The fourth-order valence-corrected chi connectivity index (χ4v) is 4.44. The smallest absolute Gasteiger partial charge is 0.239 e. The molecule has 4 atom stereocenters. The van der Waals surface area contributed by atoms with E-state index in [9.17, 15) is 9.59 Å². The van der Waals surface area contributed by atoms with Crippen molar-refractivity contribution in [1.29, 1.82) is 0 Å². The molecule has 0 aliphatic carbocycles. The number of nitrogens with one attached hydrogen (secondary N) is 1. The summed E-state index contributed by atoms with van der Waals surface area (Å²) in [5.74, 6) is -1.25. The number of hydrogen-bond donors (Lipinski definition) is 1. The van der Waals surface area contributed by atoms with Crippen LogP contribution in [-0.2, 0) is 9.59 Å². The van der Waals surface area contributed by atoms with Gasteiger partial charge in [0.15, 0.2) is 0 Å². The van der Waals surface area contributed by atoms with Gasteiger partial charge in [-0.2, -0.15) is 0 Å². The summed E-state index contributed by atoms with van der Waals surface area (Å²) in [4.78, 5) is 32.6. The standard InChI is InChI=1S/C23H19N3O2/c27-22-18-19(23(28)26(22)16-11-5-2-6-12-16)21(17-13-7-8-14-24-17)25-20(18)15-9-3-1-4-10-15/h1-14,18-21,25H/t18-,19+,20+,21-/m1/s1. The van der Waals surface area contributed by atoms with E-state index >= 15 is 0 Å². The summed E-state index contributed by atoms with van der Waals surface area (Å²) in [6.45, 7) is 0. The summed E-state index contributed by atoms with van der Waals surface area (Å²) in [6.07, 6.45) is 1.72. The monoisotopic (exact) mass is 369 g/mol. The summed E-state index contributed by atoms with van der Waals surface area (Å²) < 4.78 is 0. The first-order valence-corrected chi connectivity index (χ1v) is 9.40. The zero-order valence-corrected chi connectivity index (χ0v) is 15.1. The summed E-state index contributed by atoms with van der Waals surface area (Å²) in [5, 5.41) is 3.53. The average Bonchev–Trinajstić information content (AvgIpc) is 3.27. The minimum absolute atomic E-state index is 0.152. The molecule has 0 bridgehead atoms. The highest BCUT2D eigenvalue weighted by atomic mass is 16.2. The molecule has 5 heteroatoms. The van der Waals surface area contributed by atoms with E-state index in [4.69, 9.17) is 0 Å². The van der Waals surface area contributed by atoms with Gasteiger partial charge in [-0.25, -0.2) is 4.90 Å². The molecule has 0 unspecified atom stereocenters. The highest BCUT2D eigenvalue weighted by Gasteiger charge is 2.59. The molecule has 3 heterocycles. The molecule has 2 saturated heterocycles. The van der Waals surface area contributed by atoms with Gasteiger partial charge in [-0.15, -0.1) is 0 Å². The van der Waals surface area contributed by atoms with Crippen LogP contribution in [0.2, 0.25) is 0 Å². The van der Waals surface area contributed by atoms with Crippen LogP contribution in [0.5, 0.6) is 0 Å². The van der Waals surface area contributed by atoms with Gasteiger partial charge in [0, 0.05) is 12.2 Å². The maximum atomic E-state index is 13.4. The normalized spacial score (nSPS) is 26.5. The van der Waals surface area contributed by atoms with Gasteiger partial charge in [0.1, 0.15) is 0 Å². The quantitative estimate of drug-likeness (QED) is 0.720. The van der Waals surface area contributed by atoms with Gasteiger partial charge in [0.25, 0.3) is 0 Å². The zero-order valence-electron chi connectivity index (χ0n) is 15.1. The van der Waals surface area contributed by atoms with Crippen LogP contribution in [0.25, 0.3) is 0 Å². The largest absolute Gasteiger partial charge is 0.300 e. The predicted molar refractivity (Wildman–Crippen MR) is 105 cm³/mol. The molecule has 5 nitrogen and oxygen atoms in total. The van der Waals surface area contributed by atoms with E-state index in [0.717, 1.165) is 11.3 Å². The van der Waals surface area contributed by atoms with Crippen molar-refractivity contribution in [3.05, 3.63) is 96.3 Å². The Morgan fingerprint density at radius 2 is 1.32 bits per heavy atom. The molecule has 28 heavy (non-hydrogen) atoms. The molecule has 2 amide bonds. The van der Waals surface area contributed by atoms with Crippen molar-refractivity contribution in [3.8, 4) is 0 Å². The number of fused-ring (bicyclic) bond motifs is 1. The Morgan fingerprint density at radius 1 is 0.714 bits per heavy atom. The Hall–Kier alpha value is -3.31. The molecule has 2 aliphatic heterocycles. The first-order valence-electron chi connectivity index (χ1n) is 9.40.